The van der Waals surface area contributed by atoms with Crippen molar-refractivity contribution in [3.8, 4) is 0 Å². The van der Waals surface area contributed by atoms with Gasteiger partial charge >= 0.3 is 0 Å². The lowest BCUT2D eigenvalue weighted by Crippen LogP contribution is -2.26. The van der Waals surface area contributed by atoms with E-state index >= 15 is 0 Å². The Morgan fingerprint density at radius 1 is 1.18 bits per heavy atom. The topological polar surface area (TPSA) is 121 Å². The minimum atomic E-state index is -1.48. The van der Waals surface area contributed by atoms with Crippen LogP contribution in [0.5, 0.6) is 0 Å². The Morgan fingerprint density at radius 3 is 2.61 bits per heavy atom. The van der Waals surface area contributed by atoms with Crippen molar-refractivity contribution in [1.29, 1.82) is 0 Å². The summed E-state index contributed by atoms with van der Waals surface area (Å²) in [5.41, 5.74) is 0.252. The molecule has 0 aliphatic carbocycles. The van der Waals surface area contributed by atoms with Crippen molar-refractivity contribution >= 4 is 52.0 Å². The molecule has 0 radical (unpaired) electrons. The maximum atomic E-state index is 14.9. The van der Waals surface area contributed by atoms with Gasteiger partial charge in [0.05, 0.1) is 42.8 Å². The number of carbonyl (C=O) groups excluding carboxylic acids is 2. The van der Waals surface area contributed by atoms with Crippen LogP contribution in [-0.2, 0) is 14.5 Å². The van der Waals surface area contributed by atoms with Crippen molar-refractivity contribution in [3.63, 3.8) is 0 Å². The molecule has 2 rings (SSSR count). The van der Waals surface area contributed by atoms with E-state index in [2.05, 4.69) is 15.8 Å². The summed E-state index contributed by atoms with van der Waals surface area (Å²) in [6.07, 6.45) is 0.813. The summed E-state index contributed by atoms with van der Waals surface area (Å²) < 4.78 is 44.4. The van der Waals surface area contributed by atoms with Crippen LogP contribution < -0.4 is 16.1 Å². The lowest BCUT2D eigenvalue weighted by atomic mass is 10.1. The number of anilines is 2. The molecule has 33 heavy (non-hydrogen) atoms. The van der Waals surface area contributed by atoms with Gasteiger partial charge in [-0.1, -0.05) is 5.16 Å². The second-order valence-electron chi connectivity index (χ2n) is 6.26. The zero-order chi connectivity index (χ0) is 24.4. The van der Waals surface area contributed by atoms with Gasteiger partial charge in [-0.15, -0.1) is 0 Å². The maximum absolute atomic E-state index is 14.9. The number of nitrogens with one attached hydrogen (secondary N) is 3. The van der Waals surface area contributed by atoms with Crippen LogP contribution in [0.2, 0.25) is 0 Å². The standard InChI is InChI=1S/C20H20F3IN4O5/c1-25-16(30)4-6-32-26-10-11-8-13(20(31)28-33-7-5-29)19(18(23)17(11)22)27-15-3-2-12(24)9-14(15)21/h2-3,8-10,27,29H,4-7H2,1H3,(H,25,30)(H,28,31)/b26-10+. The van der Waals surface area contributed by atoms with E-state index in [0.29, 0.717) is 3.57 Å². The first-order chi connectivity index (χ1) is 15.8. The van der Waals surface area contributed by atoms with Crippen molar-refractivity contribution < 1.29 is 37.5 Å². The summed E-state index contributed by atoms with van der Waals surface area (Å²) in [5.74, 6) is -4.90. The Kier molecular flexibility index (Phi) is 10.3. The van der Waals surface area contributed by atoms with Crippen LogP contribution in [0.1, 0.15) is 22.3 Å². The first kappa shape index (κ1) is 26.3. The van der Waals surface area contributed by atoms with Crippen LogP contribution in [0.25, 0.3) is 0 Å². The first-order valence-electron chi connectivity index (χ1n) is 9.41. The molecule has 0 bridgehead atoms. The summed E-state index contributed by atoms with van der Waals surface area (Å²) >= 11 is 1.88. The number of hydroxylamine groups is 1. The summed E-state index contributed by atoms with van der Waals surface area (Å²) in [7, 11) is 1.44. The summed E-state index contributed by atoms with van der Waals surface area (Å²) in [6.45, 7) is -0.770. The third-order valence-corrected chi connectivity index (χ3v) is 4.67. The molecule has 0 unspecified atom stereocenters. The monoisotopic (exact) mass is 580 g/mol. The van der Waals surface area contributed by atoms with Crippen molar-refractivity contribution in [2.75, 3.05) is 32.2 Å². The average Bonchev–Trinajstić information content (AvgIpc) is 2.79. The van der Waals surface area contributed by atoms with Gasteiger partial charge in [0.1, 0.15) is 12.4 Å². The minimum absolute atomic E-state index is 0.00896. The van der Waals surface area contributed by atoms with E-state index < -0.39 is 46.8 Å². The number of hydrogen-bond donors (Lipinski definition) is 4. The van der Waals surface area contributed by atoms with Crippen LogP contribution in [-0.4, -0.2) is 50.0 Å². The van der Waals surface area contributed by atoms with Crippen molar-refractivity contribution in [2.45, 2.75) is 6.42 Å². The molecule has 4 N–H and O–H groups in total. The van der Waals surface area contributed by atoms with Crippen LogP contribution >= 0.6 is 22.6 Å². The van der Waals surface area contributed by atoms with Crippen molar-refractivity contribution in [1.82, 2.24) is 10.8 Å². The Labute approximate surface area is 200 Å². The van der Waals surface area contributed by atoms with Crippen LogP contribution in [0, 0.1) is 21.0 Å². The lowest BCUT2D eigenvalue weighted by Gasteiger charge is -2.15. The lowest BCUT2D eigenvalue weighted by molar-refractivity contribution is -0.121. The third-order valence-electron chi connectivity index (χ3n) is 3.99. The Hall–Kier alpha value is -2.91. The minimum Gasteiger partial charge on any atom is -0.395 e. The van der Waals surface area contributed by atoms with Gasteiger partial charge in [-0.05, 0) is 46.9 Å². The normalized spacial score (nSPS) is 10.8. The molecule has 2 aromatic carbocycles. The molecule has 0 saturated carbocycles. The zero-order valence-electron chi connectivity index (χ0n) is 17.3. The summed E-state index contributed by atoms with van der Waals surface area (Å²) in [5, 5.41) is 17.0. The number of halogens is 4. The molecule has 2 amide bonds. The van der Waals surface area contributed by atoms with Crippen LogP contribution in [0.3, 0.4) is 0 Å². The number of aliphatic hydroxyl groups is 1. The van der Waals surface area contributed by atoms with E-state index in [-0.39, 0.29) is 31.2 Å². The molecule has 9 nitrogen and oxygen atoms in total. The highest BCUT2D eigenvalue weighted by Gasteiger charge is 2.23. The highest BCUT2D eigenvalue weighted by molar-refractivity contribution is 14.1. The third kappa shape index (κ3) is 7.57. The van der Waals surface area contributed by atoms with E-state index in [0.717, 1.165) is 12.3 Å². The molecule has 0 heterocycles. The molecular weight excluding hydrogens is 560 g/mol. The van der Waals surface area contributed by atoms with Gasteiger partial charge in [-0.25, -0.2) is 18.7 Å². The summed E-state index contributed by atoms with van der Waals surface area (Å²) in [4.78, 5) is 33.2. The van der Waals surface area contributed by atoms with Gasteiger partial charge < -0.3 is 20.6 Å². The second-order valence-corrected chi connectivity index (χ2v) is 7.51. The van der Waals surface area contributed by atoms with Crippen molar-refractivity contribution in [2.24, 2.45) is 5.16 Å². The Bertz CT molecular complexity index is 1040. The Balaban J connectivity index is 2.37. The van der Waals surface area contributed by atoms with Gasteiger partial charge in [0.15, 0.2) is 11.6 Å². The maximum Gasteiger partial charge on any atom is 0.277 e. The number of amides is 2. The fourth-order valence-electron chi connectivity index (χ4n) is 2.39. The van der Waals surface area contributed by atoms with E-state index in [1.807, 2.05) is 28.1 Å². The molecule has 178 valence electrons. The highest BCUT2D eigenvalue weighted by atomic mass is 127. The van der Waals surface area contributed by atoms with E-state index in [4.69, 9.17) is 14.8 Å². The fourth-order valence-corrected chi connectivity index (χ4v) is 2.85. The Morgan fingerprint density at radius 2 is 1.94 bits per heavy atom. The number of rotatable bonds is 11. The van der Waals surface area contributed by atoms with E-state index in [1.54, 1.807) is 0 Å². The largest absolute Gasteiger partial charge is 0.395 e. The van der Waals surface area contributed by atoms with Gasteiger partial charge in [0, 0.05) is 16.2 Å². The number of hydrogen-bond acceptors (Lipinski definition) is 7. The number of carbonyl (C=O) groups is 2. The molecule has 0 atom stereocenters. The van der Waals surface area contributed by atoms with Crippen molar-refractivity contribution in [3.05, 3.63) is 56.4 Å². The quantitative estimate of drug-likeness (QED) is 0.140. The van der Waals surface area contributed by atoms with Gasteiger partial charge in [0.25, 0.3) is 5.91 Å². The van der Waals surface area contributed by atoms with Gasteiger partial charge in [-0.3, -0.25) is 14.4 Å². The molecule has 0 aliphatic heterocycles. The van der Waals surface area contributed by atoms with Gasteiger partial charge in [0.2, 0.25) is 5.91 Å². The average molecular weight is 580 g/mol. The van der Waals surface area contributed by atoms with Crippen LogP contribution in [0.15, 0.2) is 29.4 Å². The molecule has 0 aromatic heterocycles. The molecule has 0 saturated heterocycles. The molecular formula is C20H20F3IN4O5. The highest BCUT2D eigenvalue weighted by Crippen LogP contribution is 2.30. The molecule has 2 aromatic rings. The smallest absolute Gasteiger partial charge is 0.277 e. The molecule has 0 spiro atoms. The number of oxime groups is 1. The molecule has 0 fully saturated rings. The molecule has 0 aliphatic rings. The predicted octanol–water partition coefficient (Wildman–Crippen LogP) is 2.59. The number of aliphatic hydroxyl groups excluding tert-OH is 1. The number of nitrogens with zero attached hydrogens (tertiary/aromatic N) is 1. The van der Waals surface area contributed by atoms with Gasteiger partial charge in [-0.2, -0.15) is 0 Å². The second kappa shape index (κ2) is 13.0. The number of benzene rings is 2. The fraction of sp³-hybridized carbons (Fsp3) is 0.250. The SMILES string of the molecule is CNC(=O)CCO/N=C/c1cc(C(=O)NOCCO)c(Nc2ccc(I)cc2F)c(F)c1F. The van der Waals surface area contributed by atoms with E-state index in [1.165, 1.54) is 25.2 Å². The van der Waals surface area contributed by atoms with E-state index in [9.17, 15) is 22.8 Å². The summed E-state index contributed by atoms with van der Waals surface area (Å²) in [6, 6.07) is 4.95. The predicted molar refractivity (Wildman–Crippen MR) is 121 cm³/mol. The zero-order valence-corrected chi connectivity index (χ0v) is 19.4. The van der Waals surface area contributed by atoms with Crippen LogP contribution in [0.4, 0.5) is 24.5 Å². The molecule has 13 heteroatoms. The first-order valence-corrected chi connectivity index (χ1v) is 10.5.